The maximum absolute atomic E-state index is 9.92. The Morgan fingerprint density at radius 3 is 1.87 bits per heavy atom. The van der Waals surface area contributed by atoms with E-state index in [1.165, 1.54) is 0 Å². The minimum Gasteiger partial charge on any atom is -0.147 e. The van der Waals surface area contributed by atoms with Crippen LogP contribution < -0.4 is 0 Å². The smallest absolute Gasteiger partial charge is 0.147 e. The minimum absolute atomic E-state index is 0. The number of halogens is 1. The Morgan fingerprint density at radius 1 is 1.20 bits per heavy atom. The van der Waals surface area contributed by atoms with Crippen molar-refractivity contribution in [3.63, 3.8) is 0 Å². The summed E-state index contributed by atoms with van der Waals surface area (Å²) in [6.45, 7) is 7.72. The van der Waals surface area contributed by atoms with Crippen LogP contribution in [0.25, 0.3) is 0 Å². The summed E-state index contributed by atoms with van der Waals surface area (Å²) < 4.78 is 1.73. The molecule has 4 nitrogen and oxygen atoms in total. The predicted octanol–water partition coefficient (Wildman–Crippen LogP) is 1.92. The summed E-state index contributed by atoms with van der Waals surface area (Å²) in [6, 6.07) is 2.13. The first-order valence-electron chi connectivity index (χ1n) is 4.93. The Labute approximate surface area is 98.9 Å². The van der Waals surface area contributed by atoms with Crippen LogP contribution in [-0.2, 0) is 0 Å². The van der Waals surface area contributed by atoms with Crippen LogP contribution in [-0.4, -0.2) is 32.7 Å². The third-order valence-corrected chi connectivity index (χ3v) is 4.88. The van der Waals surface area contributed by atoms with E-state index >= 15 is 0 Å². The number of hydrogen-bond acceptors (Lipinski definition) is 4. The summed E-state index contributed by atoms with van der Waals surface area (Å²) >= 11 is 0. The van der Waals surface area contributed by atoms with Crippen LogP contribution >= 0.6 is 20.3 Å². The SMILES string of the molecule is CC(C)N(C(C)C)[PH](O)(O)CCC#N.Cl. The van der Waals surface area contributed by atoms with E-state index in [0.717, 1.165) is 0 Å². The molecule has 0 amide bonds. The van der Waals surface area contributed by atoms with Crippen molar-refractivity contribution in [1.82, 2.24) is 4.67 Å². The molecule has 0 rings (SSSR count). The van der Waals surface area contributed by atoms with Crippen LogP contribution in [0.3, 0.4) is 0 Å². The molecule has 2 N–H and O–H groups in total. The first-order valence-corrected chi connectivity index (χ1v) is 6.98. The normalized spacial score (nSPS) is 12.8. The van der Waals surface area contributed by atoms with Gasteiger partial charge in [0.2, 0.25) is 0 Å². The van der Waals surface area contributed by atoms with E-state index < -0.39 is 7.87 Å². The fraction of sp³-hybridized carbons (Fsp3) is 0.889. The molecule has 0 spiro atoms. The molecule has 0 aliphatic rings. The molecule has 0 aliphatic heterocycles. The van der Waals surface area contributed by atoms with E-state index in [1.807, 2.05) is 33.8 Å². The van der Waals surface area contributed by atoms with Crippen LogP contribution in [0.1, 0.15) is 34.1 Å². The molecule has 0 aromatic heterocycles. The van der Waals surface area contributed by atoms with Crippen molar-refractivity contribution in [2.75, 3.05) is 6.16 Å². The second kappa shape index (κ2) is 7.38. The quantitative estimate of drug-likeness (QED) is 0.738. The third kappa shape index (κ3) is 5.65. The predicted molar refractivity (Wildman–Crippen MR) is 67.2 cm³/mol. The maximum atomic E-state index is 9.92. The zero-order valence-corrected chi connectivity index (χ0v) is 11.6. The van der Waals surface area contributed by atoms with Gasteiger partial charge in [-0.25, -0.2) is 0 Å². The van der Waals surface area contributed by atoms with Gasteiger partial charge in [-0.2, -0.15) is 0 Å². The van der Waals surface area contributed by atoms with E-state index in [2.05, 4.69) is 0 Å². The van der Waals surface area contributed by atoms with Crippen molar-refractivity contribution in [3.8, 4) is 6.07 Å². The van der Waals surface area contributed by atoms with Gasteiger partial charge in [0.15, 0.2) is 0 Å². The van der Waals surface area contributed by atoms with E-state index in [-0.39, 0.29) is 37.1 Å². The van der Waals surface area contributed by atoms with Crippen LogP contribution in [0.5, 0.6) is 0 Å². The molecule has 0 atom stereocenters. The van der Waals surface area contributed by atoms with Crippen LogP contribution in [0.4, 0.5) is 0 Å². The van der Waals surface area contributed by atoms with Crippen LogP contribution in [0, 0.1) is 11.3 Å². The van der Waals surface area contributed by atoms with Gasteiger partial charge >= 0.3 is 86.0 Å². The van der Waals surface area contributed by atoms with E-state index in [4.69, 9.17) is 5.26 Å². The van der Waals surface area contributed by atoms with Gasteiger partial charge in [0.05, 0.1) is 0 Å². The number of rotatable bonds is 5. The van der Waals surface area contributed by atoms with Gasteiger partial charge in [-0.05, 0) is 0 Å². The molecule has 6 heteroatoms. The van der Waals surface area contributed by atoms with Gasteiger partial charge < -0.3 is 0 Å². The zero-order valence-electron chi connectivity index (χ0n) is 9.77. The molecule has 0 aliphatic carbocycles. The second-order valence-electron chi connectivity index (χ2n) is 4.03. The Hall–Kier alpha value is 0.0900. The van der Waals surface area contributed by atoms with E-state index in [1.54, 1.807) is 4.67 Å². The first kappa shape index (κ1) is 17.5. The summed E-state index contributed by atoms with van der Waals surface area (Å²) in [5.74, 6) is 0. The molecular weight excluding hydrogens is 235 g/mol. The minimum atomic E-state index is -3.37. The monoisotopic (exact) mass is 256 g/mol. The number of nitrogens with zero attached hydrogens (tertiary/aromatic N) is 2. The van der Waals surface area contributed by atoms with Crippen molar-refractivity contribution in [2.45, 2.75) is 46.2 Å². The summed E-state index contributed by atoms with van der Waals surface area (Å²) in [7, 11) is -3.37. The first-order chi connectivity index (χ1) is 6.33. The van der Waals surface area contributed by atoms with Gasteiger partial charge in [0, 0.05) is 0 Å². The number of hydrogen-bond donors (Lipinski definition) is 2. The van der Waals surface area contributed by atoms with Crippen molar-refractivity contribution in [2.24, 2.45) is 0 Å². The molecule has 0 heterocycles. The molecule has 0 aromatic rings. The average Bonchev–Trinajstić information content (AvgIpc) is 1.98. The molecule has 0 saturated heterocycles. The average molecular weight is 257 g/mol. The van der Waals surface area contributed by atoms with Gasteiger partial charge in [-0.15, -0.1) is 12.4 Å². The topological polar surface area (TPSA) is 67.5 Å². The maximum Gasteiger partial charge on any atom is -0.147 e. The summed E-state index contributed by atoms with van der Waals surface area (Å²) in [4.78, 5) is 19.8. The van der Waals surface area contributed by atoms with E-state index in [9.17, 15) is 9.79 Å². The molecule has 92 valence electrons. The van der Waals surface area contributed by atoms with Crippen molar-refractivity contribution >= 4 is 20.3 Å². The van der Waals surface area contributed by atoms with Gasteiger partial charge in [0.25, 0.3) is 0 Å². The van der Waals surface area contributed by atoms with Gasteiger partial charge in [0.1, 0.15) is 0 Å². The number of nitriles is 1. The largest absolute Gasteiger partial charge is 0.147 e. The zero-order chi connectivity index (χ0) is 11.4. The fourth-order valence-electron chi connectivity index (χ4n) is 1.78. The fourth-order valence-corrected chi connectivity index (χ4v) is 4.14. The van der Waals surface area contributed by atoms with Gasteiger partial charge in [-0.3, -0.25) is 0 Å². The van der Waals surface area contributed by atoms with Crippen LogP contribution in [0.2, 0.25) is 0 Å². The van der Waals surface area contributed by atoms with Crippen LogP contribution in [0.15, 0.2) is 0 Å². The molecule has 0 saturated carbocycles. The summed E-state index contributed by atoms with van der Waals surface area (Å²) in [6.07, 6.45) is 0.398. The Morgan fingerprint density at radius 2 is 1.60 bits per heavy atom. The van der Waals surface area contributed by atoms with Crippen molar-refractivity contribution < 1.29 is 9.79 Å². The van der Waals surface area contributed by atoms with Crippen molar-refractivity contribution in [1.29, 1.82) is 5.26 Å². The Bertz CT molecular complexity index is 209. The summed E-state index contributed by atoms with van der Waals surface area (Å²) in [5.41, 5.74) is 0. The molecule has 15 heavy (non-hydrogen) atoms. The van der Waals surface area contributed by atoms with Gasteiger partial charge in [-0.1, -0.05) is 0 Å². The molecule has 0 fully saturated rings. The molecule has 0 aromatic carbocycles. The standard InChI is InChI=1S/C9H21N2O2P.ClH/c1-8(2)11(9(3)4)14(12,13)7-5-6-10;/h8-9,12-14H,5,7H2,1-4H3;1H. The molecule has 0 unspecified atom stereocenters. The Balaban J connectivity index is 0. The molecule has 0 radical (unpaired) electrons. The second-order valence-corrected chi connectivity index (χ2v) is 6.59. The van der Waals surface area contributed by atoms with Crippen molar-refractivity contribution in [3.05, 3.63) is 0 Å². The third-order valence-electron chi connectivity index (χ3n) is 2.10. The van der Waals surface area contributed by atoms with E-state index in [0.29, 0.717) is 0 Å². The molecule has 0 bridgehead atoms. The summed E-state index contributed by atoms with van der Waals surface area (Å²) in [5, 5.41) is 8.42. The Kier molecular flexibility index (Phi) is 8.60. The molecular formula is C9H22ClN2O2P.